The third-order valence-corrected chi connectivity index (χ3v) is 6.43. The lowest BCUT2D eigenvalue weighted by Gasteiger charge is -2.11. The van der Waals surface area contributed by atoms with E-state index >= 15 is 0 Å². The van der Waals surface area contributed by atoms with Gasteiger partial charge < -0.3 is 19.9 Å². The molecule has 0 saturated carbocycles. The summed E-state index contributed by atoms with van der Waals surface area (Å²) in [5.74, 6) is 0.0892. The first-order valence-corrected chi connectivity index (χ1v) is 11.1. The number of carbonyl (C=O) groups is 2. The summed E-state index contributed by atoms with van der Waals surface area (Å²) in [6, 6.07) is 10.4. The highest BCUT2D eigenvalue weighted by atomic mass is 16.4. The molecule has 7 heteroatoms. The number of primary amides is 1. The summed E-state index contributed by atoms with van der Waals surface area (Å²) in [6.45, 7) is 1.88. The predicted molar refractivity (Wildman–Crippen MR) is 126 cm³/mol. The normalized spacial score (nSPS) is 13.2. The largest absolute Gasteiger partial charge is 0.461 e. The van der Waals surface area contributed by atoms with Gasteiger partial charge in [0.1, 0.15) is 16.9 Å². The minimum Gasteiger partial charge on any atom is -0.461 e. The molecule has 2 heterocycles. The summed E-state index contributed by atoms with van der Waals surface area (Å²) < 4.78 is 11.6. The van der Waals surface area contributed by atoms with Crippen LogP contribution in [0.4, 0.5) is 5.69 Å². The predicted octanol–water partition coefficient (Wildman–Crippen LogP) is 4.40. The molecule has 0 fully saturated rings. The molecule has 1 aliphatic rings. The molecule has 0 saturated heterocycles. The highest BCUT2D eigenvalue weighted by Crippen LogP contribution is 2.35. The quantitative estimate of drug-likeness (QED) is 0.443. The molecule has 1 aliphatic carbocycles. The Morgan fingerprint density at radius 2 is 1.79 bits per heavy atom. The average molecular weight is 444 g/mol. The third-order valence-electron chi connectivity index (χ3n) is 6.43. The number of aryl methyl sites for hydroxylation is 3. The zero-order valence-electron chi connectivity index (χ0n) is 18.3. The van der Waals surface area contributed by atoms with E-state index in [2.05, 4.69) is 5.32 Å². The van der Waals surface area contributed by atoms with Crippen molar-refractivity contribution in [2.24, 2.45) is 5.73 Å². The Kier molecular flexibility index (Phi) is 5.24. The Labute approximate surface area is 189 Å². The fourth-order valence-corrected chi connectivity index (χ4v) is 4.69. The van der Waals surface area contributed by atoms with Gasteiger partial charge in [0.25, 0.3) is 5.91 Å². The lowest BCUT2D eigenvalue weighted by Crippen LogP contribution is -2.19. The fourth-order valence-electron chi connectivity index (χ4n) is 4.69. The summed E-state index contributed by atoms with van der Waals surface area (Å²) >= 11 is 0. The lowest BCUT2D eigenvalue weighted by molar-refractivity contribution is -0.116. The van der Waals surface area contributed by atoms with E-state index in [-0.39, 0.29) is 24.3 Å². The first-order valence-electron chi connectivity index (χ1n) is 11.1. The first-order chi connectivity index (χ1) is 15.9. The lowest BCUT2D eigenvalue weighted by atomic mass is 9.94. The van der Waals surface area contributed by atoms with Gasteiger partial charge in [-0.2, -0.15) is 0 Å². The maximum absolute atomic E-state index is 12.7. The number of hydrogen-bond acceptors (Lipinski definition) is 5. The van der Waals surface area contributed by atoms with Crippen molar-refractivity contribution in [2.75, 3.05) is 5.32 Å². The molecule has 2 aromatic carbocycles. The Hall–Kier alpha value is -3.87. The average Bonchev–Trinajstić information content (AvgIpc) is 3.15. The van der Waals surface area contributed by atoms with Gasteiger partial charge in [-0.1, -0.05) is 12.1 Å². The van der Waals surface area contributed by atoms with Crippen molar-refractivity contribution in [1.82, 2.24) is 0 Å². The van der Waals surface area contributed by atoms with Gasteiger partial charge in [0.05, 0.1) is 11.3 Å². The summed E-state index contributed by atoms with van der Waals surface area (Å²) in [4.78, 5) is 36.8. The SMILES string of the molecule is Cc1c(CCC(=O)Nc2ccccc2C(N)=O)c(=O)oc2cc3oc4c(c3cc12)CCCC4. The summed E-state index contributed by atoms with van der Waals surface area (Å²) in [6.07, 6.45) is 4.47. The topological polar surface area (TPSA) is 116 Å². The molecule has 5 rings (SSSR count). The number of nitrogens with two attached hydrogens (primary N) is 1. The maximum atomic E-state index is 12.7. The van der Waals surface area contributed by atoms with Gasteiger partial charge >= 0.3 is 5.63 Å². The number of nitrogens with one attached hydrogen (secondary N) is 1. The molecule has 33 heavy (non-hydrogen) atoms. The highest BCUT2D eigenvalue weighted by Gasteiger charge is 2.21. The minimum absolute atomic E-state index is 0.0631. The van der Waals surface area contributed by atoms with Gasteiger partial charge in [0.15, 0.2) is 0 Å². The van der Waals surface area contributed by atoms with Crippen LogP contribution in [0.15, 0.2) is 50.0 Å². The Bertz CT molecular complexity index is 1480. The van der Waals surface area contributed by atoms with Crippen molar-refractivity contribution < 1.29 is 18.4 Å². The molecule has 0 aliphatic heterocycles. The molecule has 0 bridgehead atoms. The Balaban J connectivity index is 1.43. The van der Waals surface area contributed by atoms with Crippen LogP contribution >= 0.6 is 0 Å². The number of anilines is 1. The van der Waals surface area contributed by atoms with E-state index in [1.54, 1.807) is 30.3 Å². The first kappa shape index (κ1) is 21.0. The van der Waals surface area contributed by atoms with Gasteiger partial charge in [-0.15, -0.1) is 0 Å². The smallest absolute Gasteiger partial charge is 0.339 e. The van der Waals surface area contributed by atoms with Gasteiger partial charge in [-0.3, -0.25) is 9.59 Å². The van der Waals surface area contributed by atoms with Crippen LogP contribution in [0.25, 0.3) is 21.9 Å². The molecule has 3 N–H and O–H groups in total. The van der Waals surface area contributed by atoms with E-state index in [9.17, 15) is 14.4 Å². The second-order valence-electron chi connectivity index (χ2n) is 8.51. The Morgan fingerprint density at radius 1 is 1.03 bits per heavy atom. The zero-order valence-corrected chi connectivity index (χ0v) is 18.3. The van der Waals surface area contributed by atoms with E-state index in [4.69, 9.17) is 14.6 Å². The van der Waals surface area contributed by atoms with E-state index in [1.165, 1.54) is 5.56 Å². The number of fused-ring (bicyclic) bond motifs is 4. The van der Waals surface area contributed by atoms with Crippen molar-refractivity contribution in [2.45, 2.75) is 45.4 Å². The second-order valence-corrected chi connectivity index (χ2v) is 8.51. The fraction of sp³-hybridized carbons (Fsp3) is 0.269. The molecule has 168 valence electrons. The summed E-state index contributed by atoms with van der Waals surface area (Å²) in [5.41, 5.74) is 9.26. The molecule has 0 unspecified atom stereocenters. The molecule has 0 spiro atoms. The van der Waals surface area contributed by atoms with Crippen LogP contribution in [-0.4, -0.2) is 11.8 Å². The maximum Gasteiger partial charge on any atom is 0.339 e. The van der Waals surface area contributed by atoms with Crippen molar-refractivity contribution in [3.05, 3.63) is 74.8 Å². The van der Waals surface area contributed by atoms with E-state index in [1.807, 2.05) is 13.0 Å². The van der Waals surface area contributed by atoms with Crippen molar-refractivity contribution >= 4 is 39.4 Å². The number of benzene rings is 2. The van der Waals surface area contributed by atoms with Crippen LogP contribution < -0.4 is 16.7 Å². The van der Waals surface area contributed by atoms with Crippen LogP contribution in [0.5, 0.6) is 0 Å². The number of rotatable bonds is 5. The van der Waals surface area contributed by atoms with E-state index < -0.39 is 11.5 Å². The Morgan fingerprint density at radius 3 is 2.61 bits per heavy atom. The molecule has 2 aromatic heterocycles. The van der Waals surface area contributed by atoms with Gasteiger partial charge in [-0.05, 0) is 56.4 Å². The van der Waals surface area contributed by atoms with E-state index in [0.717, 1.165) is 53.4 Å². The zero-order chi connectivity index (χ0) is 23.1. The molecule has 0 atom stereocenters. The van der Waals surface area contributed by atoms with Crippen molar-refractivity contribution in [1.29, 1.82) is 0 Å². The number of para-hydroxylation sites is 1. The number of amides is 2. The van der Waals surface area contributed by atoms with Crippen LogP contribution in [0, 0.1) is 6.92 Å². The van der Waals surface area contributed by atoms with Crippen LogP contribution in [0.2, 0.25) is 0 Å². The number of carbonyl (C=O) groups excluding carboxylic acids is 2. The van der Waals surface area contributed by atoms with Gasteiger partial charge in [0.2, 0.25) is 5.91 Å². The summed E-state index contributed by atoms with van der Waals surface area (Å²) in [5, 5.41) is 4.63. The molecule has 0 radical (unpaired) electrons. The van der Waals surface area contributed by atoms with Crippen molar-refractivity contribution in [3.8, 4) is 0 Å². The van der Waals surface area contributed by atoms with Crippen molar-refractivity contribution in [3.63, 3.8) is 0 Å². The molecular formula is C26H24N2O5. The van der Waals surface area contributed by atoms with Crippen LogP contribution in [0.1, 0.15) is 52.1 Å². The third kappa shape index (κ3) is 3.80. The number of hydrogen-bond donors (Lipinski definition) is 2. The monoisotopic (exact) mass is 444 g/mol. The van der Waals surface area contributed by atoms with Crippen LogP contribution in [-0.2, 0) is 24.1 Å². The minimum atomic E-state index is -0.621. The van der Waals surface area contributed by atoms with Crippen LogP contribution in [0.3, 0.4) is 0 Å². The van der Waals surface area contributed by atoms with E-state index in [0.29, 0.717) is 16.8 Å². The standard InChI is InChI=1S/C26H24N2O5/c1-14-15(10-11-24(29)28-20-8-4-2-7-17(20)25(27)30)26(31)33-22-13-23-19(12-18(14)22)16-6-3-5-9-21(16)32-23/h2,4,7-8,12-13H,3,5-6,9-11H2,1H3,(H2,27,30)(H,28,29). The van der Waals surface area contributed by atoms with Gasteiger partial charge in [-0.25, -0.2) is 4.79 Å². The summed E-state index contributed by atoms with van der Waals surface area (Å²) in [7, 11) is 0. The molecule has 2 amide bonds. The molecular weight excluding hydrogens is 420 g/mol. The molecule has 4 aromatic rings. The molecule has 7 nitrogen and oxygen atoms in total. The number of furan rings is 1. The highest BCUT2D eigenvalue weighted by molar-refractivity contribution is 6.03. The van der Waals surface area contributed by atoms with Gasteiger partial charge in [0, 0.05) is 40.8 Å². The second kappa shape index (κ2) is 8.24.